The predicted octanol–water partition coefficient (Wildman–Crippen LogP) is 2.46. The van der Waals surface area contributed by atoms with Gasteiger partial charge in [0.2, 0.25) is 17.8 Å². The molecule has 0 bridgehead atoms. The Labute approximate surface area is 168 Å². The summed E-state index contributed by atoms with van der Waals surface area (Å²) in [5.74, 6) is 2.14. The van der Waals surface area contributed by atoms with Gasteiger partial charge >= 0.3 is 0 Å². The zero-order chi connectivity index (χ0) is 19.8. The van der Waals surface area contributed by atoms with Gasteiger partial charge in [0.25, 0.3) is 0 Å². The molecule has 4 heterocycles. The number of hydrogen-bond donors (Lipinski definition) is 0. The van der Waals surface area contributed by atoms with Crippen LogP contribution in [0.3, 0.4) is 0 Å². The first-order chi connectivity index (χ1) is 14.2. The zero-order valence-corrected chi connectivity index (χ0v) is 16.5. The van der Waals surface area contributed by atoms with E-state index in [1.807, 2.05) is 6.92 Å². The Kier molecular flexibility index (Phi) is 4.83. The lowest BCUT2D eigenvalue weighted by Crippen LogP contribution is -2.42. The summed E-state index contributed by atoms with van der Waals surface area (Å²) in [5, 5.41) is 0. The summed E-state index contributed by atoms with van der Waals surface area (Å²) in [6.07, 6.45) is 6.06. The molecule has 2 atom stereocenters. The maximum Gasteiger partial charge on any atom is 0.236 e. The molecule has 2 aromatic heterocycles. The number of fused-ring (bicyclic) bond motifs is 1. The molecule has 0 N–H and O–H groups in total. The van der Waals surface area contributed by atoms with Gasteiger partial charge in [-0.1, -0.05) is 12.8 Å². The van der Waals surface area contributed by atoms with E-state index in [9.17, 15) is 4.39 Å². The first kappa shape index (κ1) is 18.4. The highest BCUT2D eigenvalue weighted by atomic mass is 19.1. The van der Waals surface area contributed by atoms with Crippen molar-refractivity contribution in [2.45, 2.75) is 44.7 Å². The summed E-state index contributed by atoms with van der Waals surface area (Å²) in [5.41, 5.74) is 0.665. The molecule has 2 unspecified atom stereocenters. The van der Waals surface area contributed by atoms with Gasteiger partial charge in [0, 0.05) is 24.8 Å². The fourth-order valence-electron chi connectivity index (χ4n) is 4.38. The van der Waals surface area contributed by atoms with Crippen molar-refractivity contribution in [1.82, 2.24) is 19.9 Å². The highest BCUT2D eigenvalue weighted by molar-refractivity contribution is 5.97. The van der Waals surface area contributed by atoms with Gasteiger partial charge in [0.15, 0.2) is 5.82 Å². The largest absolute Gasteiger partial charge is 0.378 e. The Bertz CT molecular complexity index is 914. The maximum atomic E-state index is 13.3. The summed E-state index contributed by atoms with van der Waals surface area (Å²) in [7, 11) is 0. The van der Waals surface area contributed by atoms with Crippen molar-refractivity contribution in [2.75, 3.05) is 36.1 Å². The van der Waals surface area contributed by atoms with E-state index in [1.54, 1.807) is 6.07 Å². The molecule has 1 saturated heterocycles. The molecular formula is C20H24FN7O. The van der Waals surface area contributed by atoms with Crippen molar-refractivity contribution in [1.29, 1.82) is 0 Å². The quantitative estimate of drug-likeness (QED) is 0.736. The van der Waals surface area contributed by atoms with E-state index < -0.39 is 5.95 Å². The van der Waals surface area contributed by atoms with Crippen LogP contribution in [0.15, 0.2) is 23.3 Å². The van der Waals surface area contributed by atoms with Crippen LogP contribution in [0.1, 0.15) is 32.6 Å². The van der Waals surface area contributed by atoms with Crippen LogP contribution in [0.5, 0.6) is 0 Å². The van der Waals surface area contributed by atoms with Gasteiger partial charge in [0.05, 0.1) is 25.3 Å². The Hall–Kier alpha value is -2.68. The molecule has 2 fully saturated rings. The topological polar surface area (TPSA) is 79.6 Å². The van der Waals surface area contributed by atoms with Gasteiger partial charge in [-0.15, -0.1) is 0 Å². The number of hydrogen-bond acceptors (Lipinski definition) is 8. The Morgan fingerprint density at radius 2 is 1.83 bits per heavy atom. The predicted molar refractivity (Wildman–Crippen MR) is 108 cm³/mol. The van der Waals surface area contributed by atoms with Crippen molar-refractivity contribution < 1.29 is 9.13 Å². The minimum atomic E-state index is -0.524. The number of morpholine rings is 1. The summed E-state index contributed by atoms with van der Waals surface area (Å²) >= 11 is 0. The molecule has 152 valence electrons. The molecule has 1 saturated carbocycles. The van der Waals surface area contributed by atoms with E-state index in [1.165, 1.54) is 25.1 Å². The van der Waals surface area contributed by atoms with E-state index in [-0.39, 0.29) is 0 Å². The van der Waals surface area contributed by atoms with Gasteiger partial charge in [-0.2, -0.15) is 19.3 Å². The molecule has 0 aromatic carbocycles. The van der Waals surface area contributed by atoms with Crippen LogP contribution in [0.4, 0.5) is 16.3 Å². The van der Waals surface area contributed by atoms with Crippen LogP contribution in [0.25, 0.3) is 11.4 Å². The molecule has 0 amide bonds. The summed E-state index contributed by atoms with van der Waals surface area (Å²) < 4.78 is 18.8. The van der Waals surface area contributed by atoms with E-state index in [0.717, 1.165) is 31.8 Å². The molecule has 9 heteroatoms. The molecule has 2 aromatic rings. The molecule has 29 heavy (non-hydrogen) atoms. The molecule has 3 aliphatic rings. The minimum Gasteiger partial charge on any atom is -0.378 e. The number of ether oxygens (including phenoxy) is 1. The van der Waals surface area contributed by atoms with Crippen molar-refractivity contribution in [3.63, 3.8) is 0 Å². The number of halogens is 1. The normalized spacial score (nSPS) is 24.4. The molecule has 1 aliphatic carbocycles. The first-order valence-electron chi connectivity index (χ1n) is 10.2. The van der Waals surface area contributed by atoms with E-state index in [2.05, 4.69) is 19.8 Å². The van der Waals surface area contributed by atoms with Crippen LogP contribution in [0, 0.1) is 5.95 Å². The Morgan fingerprint density at radius 1 is 1.03 bits per heavy atom. The highest BCUT2D eigenvalue weighted by Crippen LogP contribution is 2.34. The lowest BCUT2D eigenvalue weighted by atomic mass is 9.91. The Morgan fingerprint density at radius 3 is 2.62 bits per heavy atom. The fourth-order valence-corrected chi connectivity index (χ4v) is 4.38. The number of nitrogens with zero attached hydrogens (tertiary/aromatic N) is 7. The van der Waals surface area contributed by atoms with E-state index in [0.29, 0.717) is 48.6 Å². The number of aromatic nitrogens is 4. The van der Waals surface area contributed by atoms with Crippen LogP contribution >= 0.6 is 0 Å². The van der Waals surface area contributed by atoms with Crippen LogP contribution in [-0.2, 0) is 4.74 Å². The van der Waals surface area contributed by atoms with Crippen molar-refractivity contribution >= 4 is 17.7 Å². The Balaban J connectivity index is 1.57. The zero-order valence-electron chi connectivity index (χ0n) is 16.5. The molecule has 0 spiro atoms. The SMILES string of the molecule is CC1=NC2CCCCC2N1c1nc(-c2ccc(F)nc2)nc(N2CCOCC2)n1. The van der Waals surface area contributed by atoms with Crippen LogP contribution < -0.4 is 9.80 Å². The van der Waals surface area contributed by atoms with Crippen molar-refractivity contribution in [2.24, 2.45) is 4.99 Å². The van der Waals surface area contributed by atoms with Gasteiger partial charge < -0.3 is 9.64 Å². The molecular weight excluding hydrogens is 373 g/mol. The molecule has 0 radical (unpaired) electrons. The number of rotatable bonds is 3. The van der Waals surface area contributed by atoms with Crippen molar-refractivity contribution in [3.05, 3.63) is 24.3 Å². The first-order valence-corrected chi connectivity index (χ1v) is 10.2. The minimum absolute atomic E-state index is 0.294. The lowest BCUT2D eigenvalue weighted by molar-refractivity contribution is 0.122. The fraction of sp³-hybridized carbons (Fsp3) is 0.550. The lowest BCUT2D eigenvalue weighted by Gasteiger charge is -2.32. The molecule has 8 nitrogen and oxygen atoms in total. The molecule has 2 aliphatic heterocycles. The van der Waals surface area contributed by atoms with Crippen LogP contribution in [-0.4, -0.2) is 64.2 Å². The van der Waals surface area contributed by atoms with Gasteiger partial charge in [-0.3, -0.25) is 9.89 Å². The molecule has 5 rings (SSSR count). The third-order valence-electron chi connectivity index (χ3n) is 5.83. The number of anilines is 2. The van der Waals surface area contributed by atoms with E-state index >= 15 is 0 Å². The van der Waals surface area contributed by atoms with E-state index in [4.69, 9.17) is 19.7 Å². The monoisotopic (exact) mass is 397 g/mol. The van der Waals surface area contributed by atoms with Gasteiger partial charge in [-0.25, -0.2) is 4.98 Å². The second kappa shape index (κ2) is 7.62. The number of aliphatic imine (C=N–C) groups is 1. The summed E-state index contributed by atoms with van der Waals surface area (Å²) in [4.78, 5) is 27.2. The summed E-state index contributed by atoms with van der Waals surface area (Å²) in [6, 6.07) is 3.58. The standard InChI is InChI=1S/C20H24FN7O/c1-13-23-15-4-2-3-5-16(15)28(13)20-25-18(14-6-7-17(21)22-12-14)24-19(26-20)27-8-10-29-11-9-27/h6-7,12,15-16H,2-5,8-11H2,1H3. The third-order valence-corrected chi connectivity index (χ3v) is 5.83. The van der Waals surface area contributed by atoms with Crippen LogP contribution in [0.2, 0.25) is 0 Å². The average molecular weight is 397 g/mol. The summed E-state index contributed by atoms with van der Waals surface area (Å²) in [6.45, 7) is 4.76. The third kappa shape index (κ3) is 3.55. The second-order valence-electron chi connectivity index (χ2n) is 7.69. The second-order valence-corrected chi connectivity index (χ2v) is 7.69. The number of pyridine rings is 1. The van der Waals surface area contributed by atoms with Gasteiger partial charge in [0.1, 0.15) is 5.84 Å². The number of amidine groups is 1. The maximum absolute atomic E-state index is 13.3. The highest BCUT2D eigenvalue weighted by Gasteiger charge is 2.38. The smallest absolute Gasteiger partial charge is 0.236 e. The average Bonchev–Trinajstić information content (AvgIpc) is 3.10. The van der Waals surface area contributed by atoms with Crippen molar-refractivity contribution in [3.8, 4) is 11.4 Å². The van der Waals surface area contributed by atoms with Gasteiger partial charge in [-0.05, 0) is 31.9 Å².